The van der Waals surface area contributed by atoms with Gasteiger partial charge in [0.1, 0.15) is 0 Å². The van der Waals surface area contributed by atoms with Crippen molar-refractivity contribution in [2.45, 2.75) is 79.1 Å². The largest absolute Gasteiger partial charge is 1.00 e. The molecule has 0 unspecified atom stereocenters. The van der Waals surface area contributed by atoms with Crippen LogP contribution in [0, 0.1) is 12.2 Å². The fourth-order valence-corrected chi connectivity index (χ4v) is 1.99. The van der Waals surface area contributed by atoms with Crippen LogP contribution in [-0.4, -0.2) is 3.81 Å². The quantitative estimate of drug-likeness (QED) is 0.448. The van der Waals surface area contributed by atoms with E-state index in [9.17, 15) is 0 Å². The molecule has 0 bridgehead atoms. The van der Waals surface area contributed by atoms with Crippen molar-refractivity contribution in [1.29, 1.82) is 0 Å². The second-order valence-corrected chi connectivity index (χ2v) is 7.43. The molecule has 0 amide bonds. The zero-order valence-corrected chi connectivity index (χ0v) is 18.8. The minimum absolute atomic E-state index is 0. The molecule has 0 spiro atoms. The molecule has 3 heteroatoms. The van der Waals surface area contributed by atoms with Gasteiger partial charge in [0, 0.05) is 0 Å². The van der Waals surface area contributed by atoms with Gasteiger partial charge in [-0.25, -0.2) is 23.3 Å². The molecule has 2 aliphatic carbocycles. The standard InChI is InChI=1S/2C9H13.C3H6.2ClH.Ti/c2*1-2-3-6-9-7-4-5-8-9;1-3-2;;;/h2*7-8H,2-4,6H2,1H3;1-2H3;2*1H;/q2*-1;;;;+2/p-2. The zero-order valence-electron chi connectivity index (χ0n) is 15.7. The number of rotatable bonds is 6. The van der Waals surface area contributed by atoms with E-state index in [0.717, 1.165) is 12.8 Å². The minimum atomic E-state index is 0. The normalized spacial score (nSPS) is 13.4. The Balaban J connectivity index is -0.000000283. The van der Waals surface area contributed by atoms with Gasteiger partial charge >= 0.3 is 37.6 Å². The van der Waals surface area contributed by atoms with Gasteiger partial charge in [-0.3, -0.25) is 12.2 Å². The molecule has 0 aromatic heterocycles. The summed E-state index contributed by atoms with van der Waals surface area (Å²) in [5.74, 6) is 0. The maximum absolute atomic E-state index is 3.16. The minimum Gasteiger partial charge on any atom is -1.00 e. The van der Waals surface area contributed by atoms with E-state index in [1.54, 1.807) is 0 Å². The summed E-state index contributed by atoms with van der Waals surface area (Å²) in [6.07, 6.45) is 24.9. The predicted octanol–water partition coefficient (Wildman–Crippen LogP) is 0.486. The Morgan fingerprint density at radius 2 is 1.21 bits per heavy atom. The average molecular weight is 403 g/mol. The molecule has 0 nitrogen and oxygen atoms in total. The van der Waals surface area contributed by atoms with Gasteiger partial charge in [0.2, 0.25) is 0 Å². The molecule has 0 heterocycles. The fourth-order valence-electron chi connectivity index (χ4n) is 1.99. The maximum atomic E-state index is 3.16. The average Bonchev–Trinajstić information content (AvgIpc) is 3.16. The number of allylic oxidation sites excluding steroid dienone is 8. The second kappa shape index (κ2) is 21.2. The number of unbranched alkanes of at least 4 members (excludes halogenated alkanes) is 2. The molecule has 0 aliphatic heterocycles. The number of hydrogen-bond donors (Lipinski definition) is 0. The molecule has 0 saturated carbocycles. The third-order valence-corrected chi connectivity index (χ3v) is 3.18. The summed E-state index contributed by atoms with van der Waals surface area (Å²) in [5, 5.41) is 0. The van der Waals surface area contributed by atoms with Crippen LogP contribution >= 0.6 is 0 Å². The van der Waals surface area contributed by atoms with Crippen LogP contribution in [-0.2, 0) is 20.0 Å². The van der Waals surface area contributed by atoms with E-state index in [0.29, 0.717) is 0 Å². The Bertz CT molecular complexity index is 380. The van der Waals surface area contributed by atoms with Crippen molar-refractivity contribution in [3.05, 3.63) is 47.6 Å². The van der Waals surface area contributed by atoms with Crippen molar-refractivity contribution in [3.63, 3.8) is 0 Å². The predicted molar refractivity (Wildman–Crippen MR) is 96.4 cm³/mol. The van der Waals surface area contributed by atoms with Gasteiger partial charge in [0.15, 0.2) is 0 Å². The van der Waals surface area contributed by atoms with Gasteiger partial charge in [-0.15, -0.1) is 12.8 Å². The Labute approximate surface area is 174 Å². The van der Waals surface area contributed by atoms with Gasteiger partial charge in [-0.1, -0.05) is 52.4 Å². The van der Waals surface area contributed by atoms with Gasteiger partial charge in [-0.2, -0.15) is 12.2 Å². The van der Waals surface area contributed by atoms with E-state index < -0.39 is 0 Å². The van der Waals surface area contributed by atoms with Crippen LogP contribution in [0.15, 0.2) is 35.5 Å². The van der Waals surface area contributed by atoms with Crippen LogP contribution in [0.5, 0.6) is 0 Å². The Kier molecular flexibility index (Phi) is 25.5. The molecule has 24 heavy (non-hydrogen) atoms. The monoisotopic (exact) mass is 402 g/mol. The van der Waals surface area contributed by atoms with E-state index in [2.05, 4.69) is 84.1 Å². The number of hydrogen-bond acceptors (Lipinski definition) is 0. The van der Waals surface area contributed by atoms with Crippen LogP contribution < -0.4 is 24.8 Å². The van der Waals surface area contributed by atoms with E-state index in [-0.39, 0.29) is 24.8 Å². The van der Waals surface area contributed by atoms with Crippen LogP contribution in [0.25, 0.3) is 0 Å². The summed E-state index contributed by atoms with van der Waals surface area (Å²) >= 11 is 2.08. The molecule has 0 fully saturated rings. The molecule has 0 radical (unpaired) electrons. The summed E-state index contributed by atoms with van der Waals surface area (Å²) in [6, 6.07) is 0. The molecule has 0 aromatic carbocycles. The maximum Gasteiger partial charge on any atom is -1.00 e. The number of halogens is 2. The molecule has 2 aliphatic rings. The summed E-state index contributed by atoms with van der Waals surface area (Å²) in [6.45, 7) is 8.62. The molecular weight excluding hydrogens is 371 g/mol. The smallest absolute Gasteiger partial charge is 1.00 e. The van der Waals surface area contributed by atoms with Crippen molar-refractivity contribution in [3.8, 4) is 0 Å². The summed E-state index contributed by atoms with van der Waals surface area (Å²) in [4.78, 5) is 0. The van der Waals surface area contributed by atoms with E-state index in [1.807, 2.05) is 0 Å². The summed E-state index contributed by atoms with van der Waals surface area (Å²) in [5.41, 5.74) is 2.97. The second-order valence-electron chi connectivity index (χ2n) is 5.87. The molecule has 0 atom stereocenters. The topological polar surface area (TPSA) is 0 Å². The van der Waals surface area contributed by atoms with Crippen molar-refractivity contribution in [2.75, 3.05) is 0 Å². The molecular formula is C21H32Cl2Ti-2. The van der Waals surface area contributed by atoms with Crippen LogP contribution in [0.4, 0.5) is 0 Å². The first kappa shape index (κ1) is 28.9. The molecule has 136 valence electrons. The van der Waals surface area contributed by atoms with E-state index >= 15 is 0 Å². The van der Waals surface area contributed by atoms with E-state index in [4.69, 9.17) is 0 Å². The van der Waals surface area contributed by atoms with Gasteiger partial charge in [0.25, 0.3) is 0 Å². The third-order valence-electron chi connectivity index (χ3n) is 3.18. The van der Waals surface area contributed by atoms with Crippen LogP contribution in [0.1, 0.15) is 79.1 Å². The SMILES string of the molecule is CCCCC1=CC[C-]=C1.CCCCC1=CC[C-]=C1.C[C](C)=[Ti+2].[Cl-].[Cl-]. The summed E-state index contributed by atoms with van der Waals surface area (Å²) in [7, 11) is 0. The van der Waals surface area contributed by atoms with E-state index in [1.165, 1.54) is 53.5 Å². The van der Waals surface area contributed by atoms with Crippen LogP contribution in [0.3, 0.4) is 0 Å². The van der Waals surface area contributed by atoms with Crippen molar-refractivity contribution >= 4 is 3.81 Å². The first-order valence-corrected chi connectivity index (χ1v) is 9.41. The molecule has 0 aromatic rings. The Morgan fingerprint density at radius 3 is 1.42 bits per heavy atom. The van der Waals surface area contributed by atoms with Crippen LogP contribution in [0.2, 0.25) is 0 Å². The first-order chi connectivity index (χ1) is 10.6. The molecule has 2 rings (SSSR count). The Morgan fingerprint density at radius 1 is 0.875 bits per heavy atom. The van der Waals surface area contributed by atoms with Crippen molar-refractivity contribution < 1.29 is 44.8 Å². The Hall–Kier alpha value is 0.124. The summed E-state index contributed by atoms with van der Waals surface area (Å²) < 4.78 is 1.42. The fraction of sp³-hybridized carbons (Fsp3) is 0.571. The van der Waals surface area contributed by atoms with Gasteiger partial charge in [0.05, 0.1) is 0 Å². The van der Waals surface area contributed by atoms with Crippen molar-refractivity contribution in [2.24, 2.45) is 0 Å². The first-order valence-electron chi connectivity index (χ1n) is 8.63. The van der Waals surface area contributed by atoms with Gasteiger partial charge in [-0.05, 0) is 0 Å². The zero-order chi connectivity index (χ0) is 16.6. The third kappa shape index (κ3) is 20.2. The van der Waals surface area contributed by atoms with Crippen molar-refractivity contribution in [1.82, 2.24) is 0 Å². The molecule has 0 N–H and O–H groups in total. The van der Waals surface area contributed by atoms with Gasteiger partial charge < -0.3 is 24.8 Å². The molecule has 0 saturated heterocycles.